The average molecular weight is 372 g/mol. The van der Waals surface area contributed by atoms with Crippen LogP contribution in [0.1, 0.15) is 24.0 Å². The molecule has 2 aromatic rings. The number of halogens is 2. The van der Waals surface area contributed by atoms with Gasteiger partial charge in [-0.05, 0) is 48.6 Å². The molecule has 3 nitrogen and oxygen atoms in total. The molecule has 3 saturated heterocycles. The molecule has 0 unspecified atom stereocenters. The Morgan fingerprint density at radius 2 is 1.67 bits per heavy atom. The highest BCUT2D eigenvalue weighted by Crippen LogP contribution is 2.31. The number of methoxy groups -OCH3 is 1. The summed E-state index contributed by atoms with van der Waals surface area (Å²) in [6.07, 6.45) is 2.29. The van der Waals surface area contributed by atoms with Gasteiger partial charge in [0.15, 0.2) is 0 Å². The molecule has 0 aromatic heterocycles. The third-order valence-electron chi connectivity index (χ3n) is 5.89. The lowest BCUT2D eigenvalue weighted by molar-refractivity contribution is 0.120. The number of fused-ring (bicyclic) bond motifs is 4. The first-order chi connectivity index (χ1) is 13.1. The van der Waals surface area contributed by atoms with Crippen LogP contribution in [0.5, 0.6) is 5.75 Å². The van der Waals surface area contributed by atoms with Gasteiger partial charge in [0.1, 0.15) is 17.4 Å². The monoisotopic (exact) mass is 372 g/mol. The van der Waals surface area contributed by atoms with Crippen LogP contribution in [-0.2, 0) is 13.1 Å². The zero-order valence-corrected chi connectivity index (χ0v) is 15.7. The van der Waals surface area contributed by atoms with Crippen LogP contribution < -0.4 is 4.74 Å². The van der Waals surface area contributed by atoms with E-state index in [0.29, 0.717) is 18.5 Å². The van der Waals surface area contributed by atoms with Gasteiger partial charge in [0.2, 0.25) is 0 Å². The molecule has 3 aliphatic heterocycles. The molecular formula is C22H26F2N2O. The lowest BCUT2D eigenvalue weighted by atomic mass is 9.94. The Balaban J connectivity index is 1.45. The normalized spacial score (nSPS) is 23.4. The molecule has 144 valence electrons. The van der Waals surface area contributed by atoms with Crippen LogP contribution in [-0.4, -0.2) is 42.6 Å². The summed E-state index contributed by atoms with van der Waals surface area (Å²) < 4.78 is 33.4. The maximum Gasteiger partial charge on any atom is 0.130 e. The molecule has 0 spiro atoms. The van der Waals surface area contributed by atoms with E-state index < -0.39 is 11.6 Å². The minimum Gasteiger partial charge on any atom is -0.497 e. The fourth-order valence-corrected chi connectivity index (χ4v) is 4.47. The van der Waals surface area contributed by atoms with Crippen LogP contribution in [0, 0.1) is 17.6 Å². The first-order valence-electron chi connectivity index (χ1n) is 9.64. The molecule has 5 rings (SSSR count). The van der Waals surface area contributed by atoms with Crippen molar-refractivity contribution in [3.63, 3.8) is 0 Å². The van der Waals surface area contributed by atoms with Crippen molar-refractivity contribution in [2.24, 2.45) is 5.92 Å². The third-order valence-corrected chi connectivity index (χ3v) is 5.89. The molecule has 2 bridgehead atoms. The van der Waals surface area contributed by atoms with Gasteiger partial charge in [-0.3, -0.25) is 9.80 Å². The number of ether oxygens (including phenoxy) is 1. The standard InChI is InChI=1S/C22H26F2N2O/c1-27-19-9-6-16(7-10-19)11-25-12-17-5-8-18(14-25)26(13-17)15-20-21(23)3-2-4-22(20)24/h2-4,6-7,9-10,17-18H,5,8,11-15H2,1H3/t17-,18+/m0/s1. The van der Waals surface area contributed by atoms with Crippen molar-refractivity contribution in [2.75, 3.05) is 26.7 Å². The maximum absolute atomic E-state index is 14.1. The second-order valence-corrected chi connectivity index (χ2v) is 7.77. The predicted molar refractivity (Wildman–Crippen MR) is 102 cm³/mol. The predicted octanol–water partition coefficient (Wildman–Crippen LogP) is 4.07. The van der Waals surface area contributed by atoms with Crippen LogP contribution in [0.25, 0.3) is 0 Å². The molecule has 2 atom stereocenters. The van der Waals surface area contributed by atoms with Crippen LogP contribution in [0.3, 0.4) is 0 Å². The lowest BCUT2D eigenvalue weighted by Gasteiger charge is -2.36. The van der Waals surface area contributed by atoms with E-state index in [1.165, 1.54) is 30.2 Å². The van der Waals surface area contributed by atoms with E-state index in [1.807, 2.05) is 12.1 Å². The van der Waals surface area contributed by atoms with Gasteiger partial charge < -0.3 is 4.74 Å². The van der Waals surface area contributed by atoms with Crippen molar-refractivity contribution >= 4 is 0 Å². The Bertz CT molecular complexity index is 760. The van der Waals surface area contributed by atoms with Gasteiger partial charge in [0, 0.05) is 44.3 Å². The van der Waals surface area contributed by atoms with E-state index in [0.717, 1.165) is 38.3 Å². The zero-order chi connectivity index (χ0) is 18.8. The summed E-state index contributed by atoms with van der Waals surface area (Å²) in [5.74, 6) is 0.542. The zero-order valence-electron chi connectivity index (χ0n) is 15.7. The number of rotatable bonds is 5. The summed E-state index contributed by atoms with van der Waals surface area (Å²) >= 11 is 0. The Morgan fingerprint density at radius 3 is 2.37 bits per heavy atom. The van der Waals surface area contributed by atoms with Crippen molar-refractivity contribution < 1.29 is 13.5 Å². The molecule has 27 heavy (non-hydrogen) atoms. The number of benzene rings is 2. The van der Waals surface area contributed by atoms with Gasteiger partial charge in [-0.2, -0.15) is 0 Å². The molecule has 0 amide bonds. The van der Waals surface area contributed by atoms with E-state index in [9.17, 15) is 8.78 Å². The van der Waals surface area contributed by atoms with Gasteiger partial charge in [-0.15, -0.1) is 0 Å². The fraction of sp³-hybridized carbons (Fsp3) is 0.455. The highest BCUT2D eigenvalue weighted by atomic mass is 19.1. The molecular weight excluding hydrogens is 346 g/mol. The Hall–Kier alpha value is -1.98. The largest absolute Gasteiger partial charge is 0.497 e. The molecule has 0 radical (unpaired) electrons. The molecule has 3 fully saturated rings. The van der Waals surface area contributed by atoms with E-state index in [2.05, 4.69) is 21.9 Å². The molecule has 0 saturated carbocycles. The molecule has 2 aromatic carbocycles. The van der Waals surface area contributed by atoms with Crippen molar-refractivity contribution in [3.05, 3.63) is 65.2 Å². The van der Waals surface area contributed by atoms with Gasteiger partial charge in [0.05, 0.1) is 7.11 Å². The summed E-state index contributed by atoms with van der Waals surface area (Å²) in [5.41, 5.74) is 1.47. The first kappa shape index (κ1) is 18.4. The summed E-state index contributed by atoms with van der Waals surface area (Å²) in [6.45, 7) is 4.16. The Kier molecular flexibility index (Phi) is 5.41. The van der Waals surface area contributed by atoms with Gasteiger partial charge in [-0.1, -0.05) is 18.2 Å². The third kappa shape index (κ3) is 4.14. The van der Waals surface area contributed by atoms with E-state index in [4.69, 9.17) is 4.74 Å². The van der Waals surface area contributed by atoms with Gasteiger partial charge in [-0.25, -0.2) is 8.78 Å². The minimum atomic E-state index is -0.440. The van der Waals surface area contributed by atoms with E-state index >= 15 is 0 Å². The Labute approximate surface area is 159 Å². The Morgan fingerprint density at radius 1 is 0.926 bits per heavy atom. The second kappa shape index (κ2) is 7.95. The molecule has 3 heterocycles. The summed E-state index contributed by atoms with van der Waals surface area (Å²) in [7, 11) is 1.68. The summed E-state index contributed by atoms with van der Waals surface area (Å²) in [5, 5.41) is 0. The van der Waals surface area contributed by atoms with Crippen molar-refractivity contribution in [1.29, 1.82) is 0 Å². The number of hydrogen-bond acceptors (Lipinski definition) is 3. The average Bonchev–Trinajstić information content (AvgIpc) is 2.96. The second-order valence-electron chi connectivity index (χ2n) is 7.77. The summed E-state index contributed by atoms with van der Waals surface area (Å²) in [4.78, 5) is 4.77. The highest BCUT2D eigenvalue weighted by molar-refractivity contribution is 5.27. The minimum absolute atomic E-state index is 0.201. The van der Waals surface area contributed by atoms with Crippen molar-refractivity contribution in [1.82, 2.24) is 9.80 Å². The van der Waals surface area contributed by atoms with Crippen molar-refractivity contribution in [2.45, 2.75) is 32.0 Å². The smallest absolute Gasteiger partial charge is 0.130 e. The fourth-order valence-electron chi connectivity index (χ4n) is 4.47. The number of piperidine rings is 1. The van der Waals surface area contributed by atoms with Crippen LogP contribution in [0.4, 0.5) is 8.78 Å². The topological polar surface area (TPSA) is 15.7 Å². The lowest BCUT2D eigenvalue weighted by Crippen LogP contribution is -2.43. The van der Waals surface area contributed by atoms with E-state index in [-0.39, 0.29) is 5.56 Å². The van der Waals surface area contributed by atoms with Gasteiger partial charge in [0.25, 0.3) is 0 Å². The van der Waals surface area contributed by atoms with Crippen LogP contribution in [0.2, 0.25) is 0 Å². The molecule has 3 aliphatic rings. The molecule has 5 heteroatoms. The van der Waals surface area contributed by atoms with Crippen molar-refractivity contribution in [3.8, 4) is 5.75 Å². The molecule has 0 N–H and O–H groups in total. The maximum atomic E-state index is 14.1. The SMILES string of the molecule is COc1ccc(CN2C[C@@H]3CC[C@H](C2)N(Cc2c(F)cccc2F)C3)cc1. The van der Waals surface area contributed by atoms with Crippen LogP contribution in [0.15, 0.2) is 42.5 Å². The highest BCUT2D eigenvalue weighted by Gasteiger charge is 2.35. The van der Waals surface area contributed by atoms with Crippen LogP contribution >= 0.6 is 0 Å². The molecule has 0 aliphatic carbocycles. The van der Waals surface area contributed by atoms with Gasteiger partial charge >= 0.3 is 0 Å². The first-order valence-corrected chi connectivity index (χ1v) is 9.64. The summed E-state index contributed by atoms with van der Waals surface area (Å²) in [6, 6.07) is 12.7. The number of hydrogen-bond donors (Lipinski definition) is 0. The quantitative estimate of drug-likeness (QED) is 0.787. The van der Waals surface area contributed by atoms with E-state index in [1.54, 1.807) is 7.11 Å². The number of nitrogens with zero attached hydrogens (tertiary/aromatic N) is 2.